The van der Waals surface area contributed by atoms with E-state index in [9.17, 15) is 10.2 Å². The topological polar surface area (TPSA) is 99.4 Å². The van der Waals surface area contributed by atoms with Crippen molar-refractivity contribution in [3.63, 3.8) is 0 Å². The van der Waals surface area contributed by atoms with Gasteiger partial charge in [0, 0.05) is 13.2 Å². The quantitative estimate of drug-likeness (QED) is 0.281. The van der Waals surface area contributed by atoms with Gasteiger partial charge in [0.2, 0.25) is 0 Å². The minimum absolute atomic E-state index is 0.202. The molecule has 2 rings (SSSR count). The minimum atomic E-state index is -0.781. The van der Waals surface area contributed by atoms with Crippen LogP contribution in [-0.4, -0.2) is 72.3 Å². The maximum atomic E-state index is 9.55. The summed E-state index contributed by atoms with van der Waals surface area (Å²) in [5, 5.41) is 36.7. The highest BCUT2D eigenvalue weighted by Gasteiger charge is 2.35. The molecule has 0 aromatic carbocycles. The second-order valence-electron chi connectivity index (χ2n) is 9.82. The molecule has 0 radical (unpaired) electrons. The van der Waals surface area contributed by atoms with Gasteiger partial charge in [0.15, 0.2) is 0 Å². The highest BCUT2D eigenvalue weighted by atomic mass is 16.5. The molecule has 0 saturated heterocycles. The van der Waals surface area contributed by atoms with Crippen LogP contribution in [0.3, 0.4) is 0 Å². The van der Waals surface area contributed by atoms with Crippen molar-refractivity contribution < 1.29 is 29.9 Å². The van der Waals surface area contributed by atoms with E-state index in [-0.39, 0.29) is 26.4 Å². The summed E-state index contributed by atoms with van der Waals surface area (Å²) in [5.41, 5.74) is 0. The Morgan fingerprint density at radius 2 is 1.43 bits per heavy atom. The Labute approximate surface area is 183 Å². The van der Waals surface area contributed by atoms with Crippen molar-refractivity contribution in [1.82, 2.24) is 0 Å². The molecule has 6 heteroatoms. The molecule has 178 valence electrons. The molecule has 30 heavy (non-hydrogen) atoms. The molecule has 0 bridgehead atoms. The lowest BCUT2D eigenvalue weighted by Gasteiger charge is -2.21. The van der Waals surface area contributed by atoms with E-state index in [1.165, 1.54) is 51.4 Å². The van der Waals surface area contributed by atoms with Crippen LogP contribution in [-0.2, 0) is 9.47 Å². The first kappa shape index (κ1) is 26.0. The molecule has 4 N–H and O–H groups in total. The van der Waals surface area contributed by atoms with Crippen LogP contribution in [0.15, 0.2) is 0 Å². The van der Waals surface area contributed by atoms with Gasteiger partial charge in [0.1, 0.15) is 12.2 Å². The van der Waals surface area contributed by atoms with Crippen LogP contribution in [0, 0.1) is 29.6 Å². The van der Waals surface area contributed by atoms with Gasteiger partial charge in [-0.3, -0.25) is 0 Å². The van der Waals surface area contributed by atoms with E-state index in [0.717, 1.165) is 24.7 Å². The average molecular weight is 431 g/mol. The standard InChI is InChI=1S/C24H46O6/c1-2-18-5-6-19(10-18)7-8-21-11-20(4-3-9-29-16-23(27)13-25)12-22(21)15-30-17-24(28)14-26/h18-28H,2-17H2,1H3. The Hall–Kier alpha value is -0.240. The number of hydrogen-bond acceptors (Lipinski definition) is 6. The third-order valence-electron chi connectivity index (χ3n) is 7.39. The molecule has 2 saturated carbocycles. The van der Waals surface area contributed by atoms with Gasteiger partial charge in [-0.25, -0.2) is 0 Å². The predicted molar refractivity (Wildman–Crippen MR) is 117 cm³/mol. The van der Waals surface area contributed by atoms with E-state index in [1.54, 1.807) is 0 Å². The molecule has 0 aliphatic heterocycles. The Morgan fingerprint density at radius 3 is 2.10 bits per heavy atom. The Morgan fingerprint density at radius 1 is 0.767 bits per heavy atom. The predicted octanol–water partition coefficient (Wildman–Crippen LogP) is 2.76. The van der Waals surface area contributed by atoms with Crippen molar-refractivity contribution in [1.29, 1.82) is 0 Å². The molecule has 0 heterocycles. The molecule has 2 aliphatic rings. The summed E-state index contributed by atoms with van der Waals surface area (Å²) >= 11 is 0. The molecule has 2 aliphatic carbocycles. The van der Waals surface area contributed by atoms with Crippen LogP contribution in [0.2, 0.25) is 0 Å². The molecule has 6 nitrogen and oxygen atoms in total. The summed E-state index contributed by atoms with van der Waals surface area (Å²) in [6.45, 7) is 3.54. The molecular weight excluding hydrogens is 384 g/mol. The Bertz CT molecular complexity index is 434. The zero-order valence-electron chi connectivity index (χ0n) is 19.0. The van der Waals surface area contributed by atoms with Crippen LogP contribution in [0.5, 0.6) is 0 Å². The van der Waals surface area contributed by atoms with E-state index >= 15 is 0 Å². The second kappa shape index (κ2) is 14.8. The highest BCUT2D eigenvalue weighted by molar-refractivity contribution is 4.85. The molecule has 0 amide bonds. The first-order chi connectivity index (χ1) is 14.5. The maximum absolute atomic E-state index is 9.55. The smallest absolute Gasteiger partial charge is 0.100 e. The number of hydrogen-bond donors (Lipinski definition) is 4. The molecule has 0 aromatic heterocycles. The molecule has 7 atom stereocenters. The second-order valence-corrected chi connectivity index (χ2v) is 9.82. The van der Waals surface area contributed by atoms with Gasteiger partial charge in [0.25, 0.3) is 0 Å². The molecule has 0 aromatic rings. The fraction of sp³-hybridized carbons (Fsp3) is 1.00. The normalized spacial score (nSPS) is 31.3. The Kier molecular flexibility index (Phi) is 12.8. The lowest BCUT2D eigenvalue weighted by molar-refractivity contribution is -0.00948. The van der Waals surface area contributed by atoms with Gasteiger partial charge < -0.3 is 29.9 Å². The summed E-state index contributed by atoms with van der Waals surface area (Å²) in [5.74, 6) is 3.76. The first-order valence-electron chi connectivity index (χ1n) is 12.3. The lowest BCUT2D eigenvalue weighted by atomic mass is 9.87. The number of aliphatic hydroxyl groups is 4. The van der Waals surface area contributed by atoms with E-state index in [4.69, 9.17) is 19.7 Å². The average Bonchev–Trinajstić information content (AvgIpc) is 3.38. The first-order valence-corrected chi connectivity index (χ1v) is 12.3. The summed E-state index contributed by atoms with van der Waals surface area (Å²) in [6.07, 6.45) is 11.1. The SMILES string of the molecule is CCC1CCC(CCC2CC(CCCOCC(O)CO)CC2COCC(O)CO)C1. The van der Waals surface area contributed by atoms with E-state index < -0.39 is 12.2 Å². The van der Waals surface area contributed by atoms with Gasteiger partial charge >= 0.3 is 0 Å². The lowest BCUT2D eigenvalue weighted by Crippen LogP contribution is -2.23. The molecule has 2 fully saturated rings. The molecular formula is C24H46O6. The van der Waals surface area contributed by atoms with Crippen LogP contribution < -0.4 is 0 Å². The zero-order chi connectivity index (χ0) is 21.8. The van der Waals surface area contributed by atoms with Crippen molar-refractivity contribution >= 4 is 0 Å². The van der Waals surface area contributed by atoms with Gasteiger partial charge in [-0.2, -0.15) is 0 Å². The summed E-state index contributed by atoms with van der Waals surface area (Å²) in [4.78, 5) is 0. The van der Waals surface area contributed by atoms with Crippen molar-refractivity contribution in [3.05, 3.63) is 0 Å². The molecule has 0 spiro atoms. The summed E-state index contributed by atoms with van der Waals surface area (Å²) < 4.78 is 11.2. The molecule has 7 unspecified atom stereocenters. The highest BCUT2D eigenvalue weighted by Crippen LogP contribution is 2.44. The monoisotopic (exact) mass is 430 g/mol. The largest absolute Gasteiger partial charge is 0.394 e. The van der Waals surface area contributed by atoms with Gasteiger partial charge in [-0.05, 0) is 68.1 Å². The third-order valence-corrected chi connectivity index (χ3v) is 7.39. The summed E-state index contributed by atoms with van der Waals surface area (Å²) in [6, 6.07) is 0. The van der Waals surface area contributed by atoms with Crippen LogP contribution in [0.25, 0.3) is 0 Å². The van der Waals surface area contributed by atoms with E-state index in [1.807, 2.05) is 0 Å². The Balaban J connectivity index is 1.72. The van der Waals surface area contributed by atoms with Gasteiger partial charge in [-0.1, -0.05) is 32.6 Å². The number of aliphatic hydroxyl groups excluding tert-OH is 4. The summed E-state index contributed by atoms with van der Waals surface area (Å²) in [7, 11) is 0. The minimum Gasteiger partial charge on any atom is -0.394 e. The maximum Gasteiger partial charge on any atom is 0.100 e. The van der Waals surface area contributed by atoms with Crippen molar-refractivity contribution in [2.24, 2.45) is 29.6 Å². The van der Waals surface area contributed by atoms with Crippen LogP contribution in [0.1, 0.15) is 71.1 Å². The fourth-order valence-corrected chi connectivity index (χ4v) is 5.55. The number of ether oxygens (including phenoxy) is 2. The van der Waals surface area contributed by atoms with Crippen molar-refractivity contribution in [2.45, 2.75) is 83.3 Å². The van der Waals surface area contributed by atoms with Crippen molar-refractivity contribution in [2.75, 3.05) is 39.6 Å². The zero-order valence-corrected chi connectivity index (χ0v) is 19.0. The fourth-order valence-electron chi connectivity index (χ4n) is 5.55. The van der Waals surface area contributed by atoms with E-state index in [0.29, 0.717) is 31.0 Å². The van der Waals surface area contributed by atoms with Gasteiger partial charge in [0.05, 0.1) is 26.4 Å². The van der Waals surface area contributed by atoms with Crippen LogP contribution in [0.4, 0.5) is 0 Å². The van der Waals surface area contributed by atoms with Crippen LogP contribution >= 0.6 is 0 Å². The van der Waals surface area contributed by atoms with E-state index in [2.05, 4.69) is 6.92 Å². The third kappa shape index (κ3) is 9.49. The van der Waals surface area contributed by atoms with Crippen molar-refractivity contribution in [3.8, 4) is 0 Å². The van der Waals surface area contributed by atoms with Gasteiger partial charge in [-0.15, -0.1) is 0 Å². The number of rotatable bonds is 16.